The van der Waals surface area contributed by atoms with E-state index < -0.39 is 15.6 Å². The smallest absolute Gasteiger partial charge is 0.212 e. The molecule has 1 fully saturated rings. The fourth-order valence-corrected chi connectivity index (χ4v) is 4.43. The van der Waals surface area contributed by atoms with Crippen molar-refractivity contribution in [2.24, 2.45) is 5.92 Å². The monoisotopic (exact) mass is 283 g/mol. The molecule has 1 aliphatic rings. The third kappa shape index (κ3) is 4.73. The first kappa shape index (κ1) is 15.2. The Hall–Kier alpha value is 0.160. The molecule has 0 bridgehead atoms. The average Bonchev–Trinajstić information content (AvgIpc) is 2.28. The molecule has 0 saturated heterocycles. The van der Waals surface area contributed by atoms with Crippen LogP contribution in [0.5, 0.6) is 0 Å². The van der Waals surface area contributed by atoms with Gasteiger partial charge >= 0.3 is 0 Å². The van der Waals surface area contributed by atoms with Gasteiger partial charge in [-0.05, 0) is 18.8 Å². The van der Waals surface area contributed by atoms with Gasteiger partial charge < -0.3 is 5.11 Å². The fraction of sp³-hybridized carbons (Fsp3) is 1.00. The summed E-state index contributed by atoms with van der Waals surface area (Å²) in [4.78, 5) is 0. The van der Waals surface area contributed by atoms with Gasteiger partial charge in [0.05, 0.1) is 17.9 Å². The largest absolute Gasteiger partial charge is 0.394 e. The van der Waals surface area contributed by atoms with Gasteiger partial charge in [0, 0.05) is 5.88 Å². The first-order valence-corrected chi connectivity index (χ1v) is 8.30. The van der Waals surface area contributed by atoms with Gasteiger partial charge in [0.2, 0.25) is 10.0 Å². The molecule has 0 spiro atoms. The van der Waals surface area contributed by atoms with Crippen LogP contribution in [0.1, 0.15) is 39.0 Å². The number of hydrogen-bond acceptors (Lipinski definition) is 3. The molecule has 4 nitrogen and oxygen atoms in total. The van der Waals surface area contributed by atoms with Crippen LogP contribution in [0, 0.1) is 5.92 Å². The van der Waals surface area contributed by atoms with Crippen molar-refractivity contribution >= 4 is 21.6 Å². The van der Waals surface area contributed by atoms with E-state index in [2.05, 4.69) is 4.72 Å². The number of nitrogens with one attached hydrogen (secondary N) is 1. The molecular weight excluding hydrogens is 262 g/mol. The quantitative estimate of drug-likeness (QED) is 0.726. The molecule has 0 aliphatic heterocycles. The highest BCUT2D eigenvalue weighted by molar-refractivity contribution is 7.89. The summed E-state index contributed by atoms with van der Waals surface area (Å²) in [6, 6.07) is 0. The standard InChI is InChI=1S/C11H22ClNO3S/c1-10(7-12)8-17(15,16)13-11(9-14)5-3-2-4-6-11/h10,13-14H,2-9H2,1H3. The molecule has 1 aliphatic carbocycles. The van der Waals surface area contributed by atoms with Crippen LogP contribution in [0.15, 0.2) is 0 Å². The number of rotatable bonds is 6. The highest BCUT2D eigenvalue weighted by Crippen LogP contribution is 2.28. The summed E-state index contributed by atoms with van der Waals surface area (Å²) in [5, 5.41) is 9.44. The maximum absolute atomic E-state index is 12.0. The van der Waals surface area contributed by atoms with E-state index in [1.165, 1.54) is 0 Å². The number of aliphatic hydroxyl groups is 1. The molecule has 17 heavy (non-hydrogen) atoms. The van der Waals surface area contributed by atoms with Crippen LogP contribution in [0.25, 0.3) is 0 Å². The van der Waals surface area contributed by atoms with E-state index in [9.17, 15) is 13.5 Å². The third-order valence-electron chi connectivity index (χ3n) is 3.25. The molecule has 0 aromatic carbocycles. The van der Waals surface area contributed by atoms with Crippen LogP contribution < -0.4 is 4.72 Å². The SMILES string of the molecule is CC(CCl)CS(=O)(=O)NC1(CO)CCCCC1. The molecule has 1 saturated carbocycles. The molecule has 1 atom stereocenters. The molecule has 102 valence electrons. The Morgan fingerprint density at radius 1 is 1.35 bits per heavy atom. The van der Waals surface area contributed by atoms with Gasteiger partial charge in [0.1, 0.15) is 0 Å². The van der Waals surface area contributed by atoms with E-state index >= 15 is 0 Å². The predicted molar refractivity (Wildman–Crippen MR) is 69.7 cm³/mol. The number of halogens is 1. The van der Waals surface area contributed by atoms with Crippen LogP contribution in [0.4, 0.5) is 0 Å². The highest BCUT2D eigenvalue weighted by atomic mass is 35.5. The van der Waals surface area contributed by atoms with E-state index in [0.717, 1.165) is 32.1 Å². The number of aliphatic hydroxyl groups excluding tert-OH is 1. The van der Waals surface area contributed by atoms with Gasteiger partial charge in [-0.15, -0.1) is 11.6 Å². The first-order chi connectivity index (χ1) is 7.93. The van der Waals surface area contributed by atoms with E-state index in [0.29, 0.717) is 5.88 Å². The third-order valence-corrected chi connectivity index (χ3v) is 5.53. The lowest BCUT2D eigenvalue weighted by molar-refractivity contribution is 0.142. The number of sulfonamides is 1. The Balaban J connectivity index is 2.66. The minimum atomic E-state index is -3.36. The lowest BCUT2D eigenvalue weighted by atomic mass is 9.83. The molecule has 6 heteroatoms. The molecule has 1 unspecified atom stereocenters. The summed E-state index contributed by atoms with van der Waals surface area (Å²) < 4.78 is 26.6. The molecule has 0 heterocycles. The zero-order valence-electron chi connectivity index (χ0n) is 10.3. The summed E-state index contributed by atoms with van der Waals surface area (Å²) in [6.45, 7) is 1.68. The Kier molecular flexibility index (Phi) is 5.70. The number of alkyl halides is 1. The van der Waals surface area contributed by atoms with Crippen LogP contribution >= 0.6 is 11.6 Å². The summed E-state index contributed by atoms with van der Waals surface area (Å²) in [7, 11) is -3.36. The molecule has 0 radical (unpaired) electrons. The molecule has 0 aromatic heterocycles. The Bertz CT molecular complexity index is 326. The van der Waals surface area contributed by atoms with Crippen molar-refractivity contribution in [3.05, 3.63) is 0 Å². The van der Waals surface area contributed by atoms with E-state index in [1.807, 2.05) is 0 Å². The second kappa shape index (κ2) is 6.36. The topological polar surface area (TPSA) is 66.4 Å². The Labute approximate surface area is 109 Å². The summed E-state index contributed by atoms with van der Waals surface area (Å²) in [5.41, 5.74) is -0.636. The van der Waals surface area contributed by atoms with Crippen molar-refractivity contribution in [1.82, 2.24) is 4.72 Å². The zero-order chi connectivity index (χ0) is 12.9. The highest BCUT2D eigenvalue weighted by Gasteiger charge is 2.35. The maximum atomic E-state index is 12.0. The number of hydrogen-bond donors (Lipinski definition) is 2. The van der Waals surface area contributed by atoms with Crippen LogP contribution in [0.2, 0.25) is 0 Å². The second-order valence-electron chi connectivity index (χ2n) is 5.14. The van der Waals surface area contributed by atoms with Gasteiger partial charge in [-0.3, -0.25) is 0 Å². The van der Waals surface area contributed by atoms with Gasteiger partial charge in [-0.2, -0.15) is 0 Å². The molecule has 2 N–H and O–H groups in total. The lowest BCUT2D eigenvalue weighted by Crippen LogP contribution is -2.53. The Morgan fingerprint density at radius 2 is 1.94 bits per heavy atom. The minimum absolute atomic E-state index is 0.0260. The molecule has 0 amide bonds. The average molecular weight is 284 g/mol. The van der Waals surface area contributed by atoms with E-state index in [-0.39, 0.29) is 18.3 Å². The fourth-order valence-electron chi connectivity index (χ4n) is 2.31. The Morgan fingerprint density at radius 3 is 2.41 bits per heavy atom. The van der Waals surface area contributed by atoms with Crippen molar-refractivity contribution in [3.8, 4) is 0 Å². The normalized spacial score (nSPS) is 22.3. The first-order valence-electron chi connectivity index (χ1n) is 6.11. The van der Waals surface area contributed by atoms with Crippen LogP contribution in [-0.2, 0) is 10.0 Å². The van der Waals surface area contributed by atoms with Crippen molar-refractivity contribution in [2.45, 2.75) is 44.6 Å². The minimum Gasteiger partial charge on any atom is -0.394 e. The maximum Gasteiger partial charge on any atom is 0.212 e. The van der Waals surface area contributed by atoms with Crippen molar-refractivity contribution in [1.29, 1.82) is 0 Å². The molecule has 0 aromatic rings. The summed E-state index contributed by atoms with van der Waals surface area (Å²) in [6.07, 6.45) is 4.49. The molecular formula is C11H22ClNO3S. The van der Waals surface area contributed by atoms with Gasteiger partial charge in [-0.25, -0.2) is 13.1 Å². The zero-order valence-corrected chi connectivity index (χ0v) is 11.9. The lowest BCUT2D eigenvalue weighted by Gasteiger charge is -2.36. The van der Waals surface area contributed by atoms with Gasteiger partial charge in [0.25, 0.3) is 0 Å². The van der Waals surface area contributed by atoms with Gasteiger partial charge in [0.15, 0.2) is 0 Å². The predicted octanol–water partition coefficient (Wildman–Crippen LogP) is 1.48. The summed E-state index contributed by atoms with van der Waals surface area (Å²) >= 11 is 5.63. The molecule has 1 rings (SSSR count). The van der Waals surface area contributed by atoms with Crippen LogP contribution in [0.3, 0.4) is 0 Å². The van der Waals surface area contributed by atoms with Crippen molar-refractivity contribution in [2.75, 3.05) is 18.2 Å². The van der Waals surface area contributed by atoms with E-state index in [1.54, 1.807) is 6.92 Å². The van der Waals surface area contributed by atoms with E-state index in [4.69, 9.17) is 11.6 Å². The summed E-state index contributed by atoms with van der Waals surface area (Å²) in [5.74, 6) is 0.277. The van der Waals surface area contributed by atoms with Crippen molar-refractivity contribution < 1.29 is 13.5 Å². The second-order valence-corrected chi connectivity index (χ2v) is 7.22. The van der Waals surface area contributed by atoms with Gasteiger partial charge in [-0.1, -0.05) is 26.2 Å². The van der Waals surface area contributed by atoms with Crippen molar-refractivity contribution in [3.63, 3.8) is 0 Å². The van der Waals surface area contributed by atoms with Crippen LogP contribution in [-0.4, -0.2) is 37.3 Å².